The van der Waals surface area contributed by atoms with Gasteiger partial charge < -0.3 is 15.3 Å². The zero-order valence-corrected chi connectivity index (χ0v) is 15.9. The van der Waals surface area contributed by atoms with E-state index in [1.807, 2.05) is 19.9 Å². The van der Waals surface area contributed by atoms with E-state index >= 15 is 0 Å². The van der Waals surface area contributed by atoms with E-state index in [-0.39, 0.29) is 22.2 Å². The van der Waals surface area contributed by atoms with E-state index in [0.717, 1.165) is 24.8 Å². The number of benzene rings is 1. The van der Waals surface area contributed by atoms with Gasteiger partial charge in [0.25, 0.3) is 0 Å². The molecule has 2 saturated carbocycles. The Balaban J connectivity index is 1.83. The van der Waals surface area contributed by atoms with Crippen LogP contribution in [-0.4, -0.2) is 49.9 Å². The van der Waals surface area contributed by atoms with Gasteiger partial charge >= 0.3 is 0 Å². The molecule has 1 aromatic rings. The third kappa shape index (κ3) is 2.40. The maximum atomic E-state index is 12.0. The zero-order valence-electron chi connectivity index (χ0n) is 15.9. The summed E-state index contributed by atoms with van der Waals surface area (Å²) in [6.07, 6.45) is 6.26. The molecule has 144 valence electrons. The predicted octanol–water partition coefficient (Wildman–Crippen LogP) is 3.36. The average molecular weight is 362 g/mol. The van der Waals surface area contributed by atoms with Gasteiger partial charge in [-0.1, -0.05) is 18.9 Å². The minimum absolute atomic E-state index is 0.0679. The van der Waals surface area contributed by atoms with Crippen LogP contribution in [-0.2, 0) is 5.41 Å². The van der Waals surface area contributed by atoms with Crippen LogP contribution in [0, 0.1) is 12.8 Å². The topological polar surface area (TPSA) is 80.9 Å². The van der Waals surface area contributed by atoms with E-state index in [2.05, 4.69) is 0 Å². The van der Waals surface area contributed by atoms with Crippen LogP contribution < -0.4 is 0 Å². The molecule has 0 spiro atoms. The molecule has 4 unspecified atom stereocenters. The third-order valence-electron chi connectivity index (χ3n) is 7.69. The molecule has 0 aromatic heterocycles. The highest BCUT2D eigenvalue weighted by Gasteiger charge is 2.66. The minimum Gasteiger partial charge on any atom is -0.504 e. The second-order valence-electron chi connectivity index (χ2n) is 9.10. The number of nitrogens with zero attached hydrogens (tertiary/aromatic N) is 1. The number of rotatable bonds is 3. The summed E-state index contributed by atoms with van der Waals surface area (Å²) in [5.74, 6) is 0.338. The van der Waals surface area contributed by atoms with Crippen LogP contribution in [0.1, 0.15) is 63.0 Å². The van der Waals surface area contributed by atoms with Crippen LogP contribution in [0.2, 0.25) is 0 Å². The SMILES string of the molecule is Cc1ccc(O)c(O)c1C12CCCCC1(O)C(C)[N+](O)(CC1CC1)CC2. The fourth-order valence-corrected chi connectivity index (χ4v) is 5.95. The highest BCUT2D eigenvalue weighted by Crippen LogP contribution is 2.59. The molecule has 2 aliphatic carbocycles. The summed E-state index contributed by atoms with van der Waals surface area (Å²) >= 11 is 0. The Morgan fingerprint density at radius 1 is 1.12 bits per heavy atom. The summed E-state index contributed by atoms with van der Waals surface area (Å²) in [5, 5.41) is 44.2. The molecule has 0 radical (unpaired) electrons. The number of phenolic OH excluding ortho intramolecular Hbond substituents is 2. The summed E-state index contributed by atoms with van der Waals surface area (Å²) in [4.78, 5) is 0. The van der Waals surface area contributed by atoms with Gasteiger partial charge in [-0.05, 0) is 51.2 Å². The normalized spacial score (nSPS) is 40.2. The van der Waals surface area contributed by atoms with Gasteiger partial charge in [0.05, 0.1) is 0 Å². The first-order chi connectivity index (χ1) is 12.2. The smallest absolute Gasteiger partial charge is 0.161 e. The van der Waals surface area contributed by atoms with Gasteiger partial charge in [0, 0.05) is 23.3 Å². The first-order valence-corrected chi connectivity index (χ1v) is 10.1. The third-order valence-corrected chi connectivity index (χ3v) is 7.69. The number of aliphatic hydroxyl groups is 1. The molecule has 1 aromatic carbocycles. The van der Waals surface area contributed by atoms with E-state index in [1.165, 1.54) is 18.9 Å². The number of hydrogen-bond donors (Lipinski definition) is 4. The summed E-state index contributed by atoms with van der Waals surface area (Å²) in [6, 6.07) is 3.01. The number of fused-ring (bicyclic) bond motifs is 1. The van der Waals surface area contributed by atoms with Crippen LogP contribution in [0.15, 0.2) is 12.1 Å². The van der Waals surface area contributed by atoms with Crippen molar-refractivity contribution in [1.29, 1.82) is 0 Å². The Hall–Kier alpha value is -1.30. The van der Waals surface area contributed by atoms with Gasteiger partial charge in [0.1, 0.15) is 24.7 Å². The molecular weight excluding hydrogens is 330 g/mol. The predicted molar refractivity (Wildman–Crippen MR) is 98.2 cm³/mol. The summed E-state index contributed by atoms with van der Waals surface area (Å²) in [5.41, 5.74) is -0.133. The second-order valence-corrected chi connectivity index (χ2v) is 9.10. The zero-order chi connectivity index (χ0) is 18.7. The second kappa shape index (κ2) is 5.85. The quantitative estimate of drug-likeness (QED) is 0.491. The van der Waals surface area contributed by atoms with Crippen molar-refractivity contribution in [3.8, 4) is 11.5 Å². The fraction of sp³-hybridized carbons (Fsp3) is 0.714. The first kappa shape index (κ1) is 18.1. The molecule has 1 aliphatic heterocycles. The van der Waals surface area contributed by atoms with Gasteiger partial charge in [0.15, 0.2) is 11.5 Å². The number of hydroxylamine groups is 3. The van der Waals surface area contributed by atoms with Gasteiger partial charge in [-0.2, -0.15) is 4.65 Å². The van der Waals surface area contributed by atoms with Crippen LogP contribution in [0.5, 0.6) is 11.5 Å². The van der Waals surface area contributed by atoms with Crippen molar-refractivity contribution >= 4 is 0 Å². The van der Waals surface area contributed by atoms with Crippen molar-refractivity contribution in [2.24, 2.45) is 5.92 Å². The lowest BCUT2D eigenvalue weighted by atomic mass is 9.53. The number of piperidine rings is 1. The lowest BCUT2D eigenvalue weighted by Crippen LogP contribution is -2.75. The Labute approximate surface area is 155 Å². The van der Waals surface area contributed by atoms with Crippen molar-refractivity contribution in [3.63, 3.8) is 0 Å². The molecule has 5 nitrogen and oxygen atoms in total. The summed E-state index contributed by atoms with van der Waals surface area (Å²) in [6.45, 7) is 5.19. The monoisotopic (exact) mass is 362 g/mol. The molecule has 4 atom stereocenters. The fourth-order valence-electron chi connectivity index (χ4n) is 5.95. The Morgan fingerprint density at radius 2 is 1.81 bits per heavy atom. The van der Waals surface area contributed by atoms with Gasteiger partial charge in [0.2, 0.25) is 0 Å². The molecule has 3 aliphatic rings. The molecule has 0 amide bonds. The van der Waals surface area contributed by atoms with Crippen LogP contribution in [0.4, 0.5) is 0 Å². The van der Waals surface area contributed by atoms with E-state index in [4.69, 9.17) is 0 Å². The maximum Gasteiger partial charge on any atom is 0.161 e. The molecule has 3 fully saturated rings. The van der Waals surface area contributed by atoms with E-state index in [9.17, 15) is 20.5 Å². The van der Waals surface area contributed by atoms with Crippen LogP contribution in [0.25, 0.3) is 0 Å². The van der Waals surface area contributed by atoms with Gasteiger partial charge in [-0.25, -0.2) is 5.21 Å². The summed E-state index contributed by atoms with van der Waals surface area (Å²) < 4.78 is -0.0679. The highest BCUT2D eigenvalue weighted by atomic mass is 16.6. The lowest BCUT2D eigenvalue weighted by molar-refractivity contribution is -1.13. The average Bonchev–Trinajstić information content (AvgIpc) is 3.41. The molecule has 26 heavy (non-hydrogen) atoms. The van der Waals surface area contributed by atoms with Crippen molar-refractivity contribution in [3.05, 3.63) is 23.3 Å². The molecule has 4 N–H and O–H groups in total. The van der Waals surface area contributed by atoms with E-state index in [0.29, 0.717) is 37.4 Å². The van der Waals surface area contributed by atoms with Gasteiger partial charge in [-0.3, -0.25) is 0 Å². The highest BCUT2D eigenvalue weighted by molar-refractivity contribution is 5.54. The Morgan fingerprint density at radius 3 is 2.50 bits per heavy atom. The molecule has 0 bridgehead atoms. The number of hydrogen-bond acceptors (Lipinski definition) is 4. The standard InChI is InChI=1S/C21H31NO4/c1-14-5-8-17(23)19(24)18(14)20-9-3-4-10-21(20,25)15(2)22(26,12-11-20)13-16-6-7-16/h5,8,15-16,25-26H,3-4,6-7,9-13H2,1-2H3,(H-,23,24)/p+1. The van der Waals surface area contributed by atoms with E-state index in [1.54, 1.807) is 0 Å². The molecule has 1 heterocycles. The number of aromatic hydroxyl groups is 2. The van der Waals surface area contributed by atoms with Crippen molar-refractivity contribution in [2.75, 3.05) is 13.1 Å². The molecule has 5 heteroatoms. The van der Waals surface area contributed by atoms with Crippen molar-refractivity contribution in [2.45, 2.75) is 75.9 Å². The Kier molecular flexibility index (Phi) is 4.07. The molecule has 4 rings (SSSR count). The number of aryl methyl sites for hydroxylation is 1. The van der Waals surface area contributed by atoms with Crippen molar-refractivity contribution < 1.29 is 25.2 Å². The first-order valence-electron chi connectivity index (χ1n) is 10.1. The number of phenols is 2. The molecular formula is C21H32NO4+. The lowest BCUT2D eigenvalue weighted by Gasteiger charge is -2.60. The van der Waals surface area contributed by atoms with Gasteiger partial charge in [-0.15, -0.1) is 0 Å². The number of quaternary nitrogens is 1. The number of likely N-dealkylation sites (tertiary alicyclic amines) is 1. The van der Waals surface area contributed by atoms with Crippen molar-refractivity contribution in [1.82, 2.24) is 0 Å². The molecule has 1 saturated heterocycles. The largest absolute Gasteiger partial charge is 0.504 e. The minimum atomic E-state index is -1.09. The Bertz CT molecular complexity index is 718. The van der Waals surface area contributed by atoms with E-state index < -0.39 is 11.0 Å². The maximum absolute atomic E-state index is 12.0. The van der Waals surface area contributed by atoms with Crippen LogP contribution >= 0.6 is 0 Å². The summed E-state index contributed by atoms with van der Waals surface area (Å²) in [7, 11) is 0. The van der Waals surface area contributed by atoms with Crippen LogP contribution in [0.3, 0.4) is 0 Å².